The summed E-state index contributed by atoms with van der Waals surface area (Å²) in [7, 11) is 1.64. The molecule has 0 bridgehead atoms. The number of aliphatic imine (C=N–C) groups is 1. The molecule has 0 aliphatic carbocycles. The molecule has 0 amide bonds. The molecule has 0 unspecified atom stereocenters. The predicted octanol–water partition coefficient (Wildman–Crippen LogP) is 4.24. The number of aromatic carboxylic acids is 1. The zero-order valence-corrected chi connectivity index (χ0v) is 14.0. The average molecular weight is 334 g/mol. The molecular weight excluding hydrogens is 316 g/mol. The number of carboxylic acids is 1. The van der Waals surface area contributed by atoms with Crippen LogP contribution in [-0.2, 0) is 0 Å². The van der Waals surface area contributed by atoms with Crippen LogP contribution in [0.25, 0.3) is 5.69 Å². The van der Waals surface area contributed by atoms with Gasteiger partial charge in [0, 0.05) is 11.9 Å². The van der Waals surface area contributed by atoms with E-state index in [4.69, 9.17) is 9.84 Å². The van der Waals surface area contributed by atoms with Crippen LogP contribution in [0.2, 0.25) is 0 Å². The minimum atomic E-state index is -0.960. The van der Waals surface area contributed by atoms with Gasteiger partial charge in [-0.05, 0) is 61.0 Å². The lowest BCUT2D eigenvalue weighted by Gasteiger charge is -2.08. The molecule has 1 N–H and O–H groups in total. The fourth-order valence-corrected chi connectivity index (χ4v) is 2.49. The van der Waals surface area contributed by atoms with E-state index in [9.17, 15) is 4.79 Å². The Balaban J connectivity index is 1.92. The lowest BCUT2D eigenvalue weighted by Crippen LogP contribution is -1.98. The molecule has 0 fully saturated rings. The first-order valence-corrected chi connectivity index (χ1v) is 7.78. The Labute approximate surface area is 145 Å². The van der Waals surface area contributed by atoms with Crippen LogP contribution in [0.1, 0.15) is 21.6 Å². The molecule has 2 aromatic carbocycles. The molecule has 0 saturated heterocycles. The molecule has 0 radical (unpaired) electrons. The lowest BCUT2D eigenvalue weighted by atomic mass is 10.1. The van der Waals surface area contributed by atoms with Crippen LogP contribution in [0.15, 0.2) is 65.8 Å². The van der Waals surface area contributed by atoms with Crippen molar-refractivity contribution in [2.45, 2.75) is 6.92 Å². The van der Waals surface area contributed by atoms with Crippen molar-refractivity contribution in [2.24, 2.45) is 4.99 Å². The maximum Gasteiger partial charge on any atom is 0.335 e. The van der Waals surface area contributed by atoms with E-state index < -0.39 is 5.97 Å². The quantitative estimate of drug-likeness (QED) is 0.710. The average Bonchev–Trinajstić information content (AvgIpc) is 3.09. The molecule has 0 spiro atoms. The summed E-state index contributed by atoms with van der Waals surface area (Å²) in [5, 5.41) is 9.12. The van der Waals surface area contributed by atoms with Crippen LogP contribution in [0, 0.1) is 6.92 Å². The third-order valence-corrected chi connectivity index (χ3v) is 3.92. The Morgan fingerprint density at radius 3 is 2.60 bits per heavy atom. The van der Waals surface area contributed by atoms with Crippen molar-refractivity contribution in [3.05, 3.63) is 77.6 Å². The van der Waals surface area contributed by atoms with Crippen LogP contribution >= 0.6 is 0 Å². The van der Waals surface area contributed by atoms with E-state index in [0.717, 1.165) is 22.7 Å². The molecule has 25 heavy (non-hydrogen) atoms. The number of rotatable bonds is 5. The first-order valence-electron chi connectivity index (χ1n) is 7.78. The van der Waals surface area contributed by atoms with Crippen molar-refractivity contribution in [3.63, 3.8) is 0 Å². The van der Waals surface area contributed by atoms with Crippen molar-refractivity contribution >= 4 is 17.9 Å². The molecular formula is C20H18N2O3. The summed E-state index contributed by atoms with van der Waals surface area (Å²) < 4.78 is 7.18. The van der Waals surface area contributed by atoms with Gasteiger partial charge in [-0.25, -0.2) is 4.79 Å². The zero-order valence-electron chi connectivity index (χ0n) is 14.0. The van der Waals surface area contributed by atoms with Gasteiger partial charge in [0.15, 0.2) is 0 Å². The van der Waals surface area contributed by atoms with Gasteiger partial charge >= 0.3 is 5.97 Å². The summed E-state index contributed by atoms with van der Waals surface area (Å²) in [4.78, 5) is 15.6. The molecule has 3 rings (SSSR count). The van der Waals surface area contributed by atoms with Crippen molar-refractivity contribution in [1.29, 1.82) is 0 Å². The number of methoxy groups -OCH3 is 1. The number of aryl methyl sites for hydroxylation is 1. The van der Waals surface area contributed by atoms with E-state index in [0.29, 0.717) is 5.69 Å². The first kappa shape index (κ1) is 16.5. The third kappa shape index (κ3) is 3.61. The molecule has 0 saturated carbocycles. The highest BCUT2D eigenvalue weighted by Gasteiger charge is 2.06. The second kappa shape index (κ2) is 7.05. The van der Waals surface area contributed by atoms with Crippen LogP contribution < -0.4 is 4.74 Å². The molecule has 0 aliphatic heterocycles. The highest BCUT2D eigenvalue weighted by Crippen LogP contribution is 2.21. The molecule has 0 aliphatic rings. The molecule has 1 heterocycles. The normalized spacial score (nSPS) is 11.0. The predicted molar refractivity (Wildman–Crippen MR) is 97.7 cm³/mol. The summed E-state index contributed by atoms with van der Waals surface area (Å²) in [6.07, 6.45) is 3.68. The second-order valence-corrected chi connectivity index (χ2v) is 5.57. The Kier molecular flexibility index (Phi) is 4.66. The molecule has 126 valence electrons. The molecule has 5 heteroatoms. The molecule has 0 atom stereocenters. The van der Waals surface area contributed by atoms with Crippen molar-refractivity contribution in [3.8, 4) is 11.4 Å². The summed E-state index contributed by atoms with van der Waals surface area (Å²) in [5.74, 6) is -0.162. The number of carbonyl (C=O) groups is 1. The number of nitrogens with zero attached hydrogens (tertiary/aromatic N) is 2. The number of ether oxygens (including phenoxy) is 1. The number of aromatic nitrogens is 1. The van der Waals surface area contributed by atoms with E-state index in [1.165, 1.54) is 0 Å². The smallest absolute Gasteiger partial charge is 0.335 e. The summed E-state index contributed by atoms with van der Waals surface area (Å²) >= 11 is 0. The molecule has 3 aromatic rings. The van der Waals surface area contributed by atoms with E-state index in [2.05, 4.69) is 4.99 Å². The van der Waals surface area contributed by atoms with Gasteiger partial charge in [-0.2, -0.15) is 0 Å². The second-order valence-electron chi connectivity index (χ2n) is 5.57. The lowest BCUT2D eigenvalue weighted by molar-refractivity contribution is 0.0697. The van der Waals surface area contributed by atoms with Crippen LogP contribution in [0.4, 0.5) is 5.69 Å². The largest absolute Gasteiger partial charge is 0.497 e. The van der Waals surface area contributed by atoms with Crippen molar-refractivity contribution in [2.75, 3.05) is 7.11 Å². The van der Waals surface area contributed by atoms with Gasteiger partial charge < -0.3 is 14.4 Å². The summed E-state index contributed by atoms with van der Waals surface area (Å²) in [5.41, 5.74) is 3.67. The van der Waals surface area contributed by atoms with Crippen LogP contribution in [-0.4, -0.2) is 29.0 Å². The number of benzene rings is 2. The Morgan fingerprint density at radius 2 is 1.92 bits per heavy atom. The Morgan fingerprint density at radius 1 is 1.16 bits per heavy atom. The van der Waals surface area contributed by atoms with Crippen LogP contribution in [0.3, 0.4) is 0 Å². The van der Waals surface area contributed by atoms with E-state index >= 15 is 0 Å². The van der Waals surface area contributed by atoms with Gasteiger partial charge in [0.1, 0.15) is 5.75 Å². The maximum atomic E-state index is 11.1. The number of hydrogen-bond acceptors (Lipinski definition) is 3. The monoisotopic (exact) mass is 334 g/mol. The number of hydrogen-bond donors (Lipinski definition) is 1. The summed E-state index contributed by atoms with van der Waals surface area (Å²) in [6.45, 7) is 1.90. The van der Waals surface area contributed by atoms with Gasteiger partial charge in [0.2, 0.25) is 0 Å². The molecule has 5 nitrogen and oxygen atoms in total. The maximum absolute atomic E-state index is 11.1. The van der Waals surface area contributed by atoms with Gasteiger partial charge in [-0.1, -0.05) is 6.07 Å². The zero-order chi connectivity index (χ0) is 17.8. The fourth-order valence-electron chi connectivity index (χ4n) is 2.49. The van der Waals surface area contributed by atoms with E-state index in [-0.39, 0.29) is 5.56 Å². The SMILES string of the molecule is COc1ccc(-n2cccc2C=Nc2cc(C(=O)O)ccc2C)cc1. The van der Waals surface area contributed by atoms with E-state index in [1.54, 1.807) is 31.5 Å². The first-order chi connectivity index (χ1) is 12.1. The highest BCUT2D eigenvalue weighted by molar-refractivity contribution is 5.89. The van der Waals surface area contributed by atoms with Gasteiger partial charge in [-0.15, -0.1) is 0 Å². The van der Waals surface area contributed by atoms with Crippen molar-refractivity contribution < 1.29 is 14.6 Å². The Hall–Kier alpha value is -3.34. The van der Waals surface area contributed by atoms with Crippen molar-refractivity contribution in [1.82, 2.24) is 4.57 Å². The standard InChI is InChI=1S/C20H18N2O3/c1-14-5-6-15(20(23)24)12-19(14)21-13-17-4-3-11-22(17)16-7-9-18(25-2)10-8-16/h3-13H,1-2H3,(H,23,24). The molecule has 1 aromatic heterocycles. The Bertz CT molecular complexity index is 924. The van der Waals surface area contributed by atoms with Crippen LogP contribution in [0.5, 0.6) is 5.75 Å². The minimum absolute atomic E-state index is 0.225. The van der Waals surface area contributed by atoms with Gasteiger partial charge in [0.05, 0.1) is 30.3 Å². The third-order valence-electron chi connectivity index (χ3n) is 3.92. The topological polar surface area (TPSA) is 63.8 Å². The van der Waals surface area contributed by atoms with E-state index in [1.807, 2.05) is 54.1 Å². The highest BCUT2D eigenvalue weighted by atomic mass is 16.5. The fraction of sp³-hybridized carbons (Fsp3) is 0.100. The minimum Gasteiger partial charge on any atom is -0.497 e. The van der Waals surface area contributed by atoms with Gasteiger partial charge in [-0.3, -0.25) is 4.99 Å². The van der Waals surface area contributed by atoms with Gasteiger partial charge in [0.25, 0.3) is 0 Å². The number of carboxylic acid groups (broad SMARTS) is 1. The summed E-state index contributed by atoms with van der Waals surface area (Å²) in [6, 6.07) is 16.5.